The van der Waals surface area contributed by atoms with Gasteiger partial charge in [-0.1, -0.05) is 12.1 Å². The second-order valence-corrected chi connectivity index (χ2v) is 4.07. The van der Waals surface area contributed by atoms with Crippen molar-refractivity contribution in [2.45, 2.75) is 6.61 Å². The molecule has 0 atom stereocenters. The number of carbonyl (C=O) groups excluding carboxylic acids is 1. The molecule has 0 bridgehead atoms. The number of hydrogen-bond donors (Lipinski definition) is 3. The summed E-state index contributed by atoms with van der Waals surface area (Å²) in [5.41, 5.74) is 12.4. The molecular weight excluding hydrogens is 244 g/mol. The molecule has 0 aliphatic rings. The minimum absolute atomic E-state index is 0.189. The van der Waals surface area contributed by atoms with Crippen molar-refractivity contribution >= 4 is 11.6 Å². The summed E-state index contributed by atoms with van der Waals surface area (Å²) in [5, 5.41) is 9.17. The van der Waals surface area contributed by atoms with Crippen molar-refractivity contribution in [2.75, 3.05) is 5.73 Å². The van der Waals surface area contributed by atoms with Gasteiger partial charge in [-0.3, -0.25) is 4.79 Å². The van der Waals surface area contributed by atoms with Crippen LogP contribution in [0.15, 0.2) is 42.5 Å². The van der Waals surface area contributed by atoms with Gasteiger partial charge in [0, 0.05) is 5.69 Å². The van der Waals surface area contributed by atoms with Crippen LogP contribution in [0.1, 0.15) is 15.9 Å². The molecule has 5 heteroatoms. The standard InChI is InChI=1S/C14H14N2O3/c15-10-3-6-13(12(7-10)14(16)18)19-8-9-1-4-11(17)5-2-9/h1-7,17H,8,15H2,(H2,16,18). The number of benzene rings is 2. The Labute approximate surface area is 110 Å². The Bertz CT molecular complexity index is 594. The quantitative estimate of drug-likeness (QED) is 0.726. The third-order valence-corrected chi connectivity index (χ3v) is 2.60. The van der Waals surface area contributed by atoms with E-state index < -0.39 is 5.91 Å². The summed E-state index contributed by atoms with van der Waals surface area (Å²) < 4.78 is 5.54. The molecule has 2 aromatic rings. The Morgan fingerprint density at radius 2 is 1.84 bits per heavy atom. The van der Waals surface area contributed by atoms with Gasteiger partial charge < -0.3 is 21.3 Å². The highest BCUT2D eigenvalue weighted by molar-refractivity contribution is 5.96. The molecule has 2 aromatic carbocycles. The maximum Gasteiger partial charge on any atom is 0.252 e. The molecule has 0 saturated heterocycles. The van der Waals surface area contributed by atoms with E-state index in [1.54, 1.807) is 36.4 Å². The normalized spacial score (nSPS) is 10.1. The number of primary amides is 1. The zero-order chi connectivity index (χ0) is 13.8. The smallest absolute Gasteiger partial charge is 0.252 e. The minimum Gasteiger partial charge on any atom is -0.508 e. The molecular formula is C14H14N2O3. The van der Waals surface area contributed by atoms with Crippen molar-refractivity contribution in [1.29, 1.82) is 0 Å². The summed E-state index contributed by atoms with van der Waals surface area (Å²) in [6.45, 7) is 0.268. The number of hydrogen-bond acceptors (Lipinski definition) is 4. The molecule has 0 fully saturated rings. The molecule has 0 aliphatic heterocycles. The molecule has 1 amide bonds. The van der Waals surface area contributed by atoms with E-state index in [0.29, 0.717) is 11.4 Å². The second kappa shape index (κ2) is 5.30. The molecule has 0 unspecified atom stereocenters. The van der Waals surface area contributed by atoms with Crippen LogP contribution in [0.4, 0.5) is 5.69 Å². The number of phenolic OH excluding ortho intramolecular Hbond substituents is 1. The number of amides is 1. The third-order valence-electron chi connectivity index (χ3n) is 2.60. The van der Waals surface area contributed by atoms with Crippen molar-refractivity contribution < 1.29 is 14.6 Å². The zero-order valence-electron chi connectivity index (χ0n) is 10.2. The van der Waals surface area contributed by atoms with Gasteiger partial charge in [-0.2, -0.15) is 0 Å². The third kappa shape index (κ3) is 3.16. The van der Waals surface area contributed by atoms with Crippen molar-refractivity contribution in [1.82, 2.24) is 0 Å². The van der Waals surface area contributed by atoms with Crippen molar-refractivity contribution in [3.63, 3.8) is 0 Å². The number of nitrogens with two attached hydrogens (primary N) is 2. The van der Waals surface area contributed by atoms with Gasteiger partial charge in [0.25, 0.3) is 5.91 Å². The lowest BCUT2D eigenvalue weighted by Crippen LogP contribution is -2.13. The van der Waals surface area contributed by atoms with Gasteiger partial charge in [0.1, 0.15) is 18.1 Å². The van der Waals surface area contributed by atoms with Crippen LogP contribution >= 0.6 is 0 Å². The summed E-state index contributed by atoms with van der Waals surface area (Å²) in [7, 11) is 0. The molecule has 0 saturated carbocycles. The van der Waals surface area contributed by atoms with Crippen LogP contribution in [-0.2, 0) is 6.61 Å². The van der Waals surface area contributed by atoms with Gasteiger partial charge in [0.05, 0.1) is 5.56 Å². The van der Waals surface area contributed by atoms with E-state index in [0.717, 1.165) is 5.56 Å². The highest BCUT2D eigenvalue weighted by Crippen LogP contribution is 2.22. The van der Waals surface area contributed by atoms with Crippen molar-refractivity contribution in [2.24, 2.45) is 5.73 Å². The minimum atomic E-state index is -0.590. The lowest BCUT2D eigenvalue weighted by molar-refractivity contribution is 0.0996. The van der Waals surface area contributed by atoms with E-state index in [4.69, 9.17) is 16.2 Å². The average molecular weight is 258 g/mol. The molecule has 0 spiro atoms. The second-order valence-electron chi connectivity index (χ2n) is 4.07. The highest BCUT2D eigenvalue weighted by Gasteiger charge is 2.10. The number of aromatic hydroxyl groups is 1. The first-order chi connectivity index (χ1) is 9.06. The molecule has 5 nitrogen and oxygen atoms in total. The first kappa shape index (κ1) is 12.8. The summed E-state index contributed by atoms with van der Waals surface area (Å²) in [5.74, 6) is -0.0168. The Hall–Kier alpha value is -2.69. The van der Waals surface area contributed by atoms with Crippen molar-refractivity contribution in [3.8, 4) is 11.5 Å². The Balaban J connectivity index is 2.15. The van der Waals surface area contributed by atoms with E-state index >= 15 is 0 Å². The molecule has 0 heterocycles. The van der Waals surface area contributed by atoms with Gasteiger partial charge in [0.2, 0.25) is 0 Å². The topological polar surface area (TPSA) is 98.6 Å². The molecule has 19 heavy (non-hydrogen) atoms. The van der Waals surface area contributed by atoms with E-state index in [2.05, 4.69) is 0 Å². The number of phenols is 1. The predicted octanol–water partition coefficient (Wildman–Crippen LogP) is 1.65. The Morgan fingerprint density at radius 3 is 2.47 bits per heavy atom. The van der Waals surface area contributed by atoms with Crippen LogP contribution in [-0.4, -0.2) is 11.0 Å². The zero-order valence-corrected chi connectivity index (χ0v) is 10.2. The first-order valence-electron chi connectivity index (χ1n) is 5.66. The predicted molar refractivity (Wildman–Crippen MR) is 71.8 cm³/mol. The van der Waals surface area contributed by atoms with Crippen LogP contribution in [0.5, 0.6) is 11.5 Å². The number of carbonyl (C=O) groups is 1. The molecule has 98 valence electrons. The monoisotopic (exact) mass is 258 g/mol. The van der Waals surface area contributed by atoms with Crippen LogP contribution < -0.4 is 16.2 Å². The van der Waals surface area contributed by atoms with Gasteiger partial charge in [0.15, 0.2) is 0 Å². The molecule has 0 aliphatic carbocycles. The number of nitrogen functional groups attached to an aromatic ring is 1. The maximum absolute atomic E-state index is 11.3. The highest BCUT2D eigenvalue weighted by atomic mass is 16.5. The van der Waals surface area contributed by atoms with Crippen LogP contribution in [0.25, 0.3) is 0 Å². The van der Waals surface area contributed by atoms with Gasteiger partial charge in [-0.15, -0.1) is 0 Å². The SMILES string of the molecule is NC(=O)c1cc(N)ccc1OCc1ccc(O)cc1. The molecule has 2 rings (SSSR count). The fourth-order valence-electron chi connectivity index (χ4n) is 1.62. The van der Waals surface area contributed by atoms with Crippen LogP contribution in [0, 0.1) is 0 Å². The summed E-state index contributed by atoms with van der Waals surface area (Å²) in [6.07, 6.45) is 0. The lowest BCUT2D eigenvalue weighted by atomic mass is 10.1. The number of anilines is 1. The largest absolute Gasteiger partial charge is 0.508 e. The van der Waals surface area contributed by atoms with E-state index in [-0.39, 0.29) is 17.9 Å². The van der Waals surface area contributed by atoms with Gasteiger partial charge in [-0.05, 0) is 35.9 Å². The first-order valence-corrected chi connectivity index (χ1v) is 5.66. The summed E-state index contributed by atoms with van der Waals surface area (Å²) >= 11 is 0. The molecule has 5 N–H and O–H groups in total. The number of ether oxygens (including phenoxy) is 1. The van der Waals surface area contributed by atoms with E-state index in [9.17, 15) is 9.90 Å². The van der Waals surface area contributed by atoms with Crippen LogP contribution in [0.3, 0.4) is 0 Å². The fourth-order valence-corrected chi connectivity index (χ4v) is 1.62. The Morgan fingerprint density at radius 1 is 1.16 bits per heavy atom. The van der Waals surface area contributed by atoms with E-state index in [1.807, 2.05) is 0 Å². The van der Waals surface area contributed by atoms with E-state index in [1.165, 1.54) is 6.07 Å². The van der Waals surface area contributed by atoms with Gasteiger partial charge in [-0.25, -0.2) is 0 Å². The summed E-state index contributed by atoms with van der Waals surface area (Å²) in [6, 6.07) is 11.3. The average Bonchev–Trinajstić information content (AvgIpc) is 2.39. The van der Waals surface area contributed by atoms with Gasteiger partial charge >= 0.3 is 0 Å². The van der Waals surface area contributed by atoms with Crippen LogP contribution in [0.2, 0.25) is 0 Å². The Kier molecular flexibility index (Phi) is 3.56. The summed E-state index contributed by atoms with van der Waals surface area (Å²) in [4.78, 5) is 11.3. The molecule has 0 radical (unpaired) electrons. The number of rotatable bonds is 4. The maximum atomic E-state index is 11.3. The van der Waals surface area contributed by atoms with Crippen molar-refractivity contribution in [3.05, 3.63) is 53.6 Å². The molecule has 0 aromatic heterocycles. The lowest BCUT2D eigenvalue weighted by Gasteiger charge is -2.10. The fraction of sp³-hybridized carbons (Fsp3) is 0.0714.